The van der Waals surface area contributed by atoms with E-state index >= 15 is 0 Å². The van der Waals surface area contributed by atoms with Crippen molar-refractivity contribution >= 4 is 0 Å². The number of benzene rings is 2. The molecule has 0 radical (unpaired) electrons. The van der Waals surface area contributed by atoms with Crippen molar-refractivity contribution in [2.45, 2.75) is 18.9 Å². The lowest BCUT2D eigenvalue weighted by Gasteiger charge is -2.13. The van der Waals surface area contributed by atoms with E-state index in [0.717, 1.165) is 0 Å². The van der Waals surface area contributed by atoms with Crippen LogP contribution in [0, 0.1) is 0 Å². The molecule has 0 aliphatic heterocycles. The molecule has 80 valence electrons. The minimum atomic E-state index is -1.69. The van der Waals surface area contributed by atoms with Crippen molar-refractivity contribution < 1.29 is 9.22 Å². The first-order valence-electron chi connectivity index (χ1n) is 7.33. The van der Waals surface area contributed by atoms with Gasteiger partial charge in [0.05, 0.1) is 1.37 Å². The molecule has 2 aromatic rings. The molecule has 1 nitrogen and oxygen atoms in total. The zero-order valence-corrected chi connectivity index (χ0v) is 8.68. The van der Waals surface area contributed by atoms with Gasteiger partial charge in [-0.25, -0.2) is 0 Å². The SMILES string of the molecule is [2H]OC1([2H])c2ccccc2C([2H])C([2H])c2ccccc21. The van der Waals surface area contributed by atoms with Crippen LogP contribution in [0.1, 0.15) is 32.4 Å². The van der Waals surface area contributed by atoms with Gasteiger partial charge in [-0.2, -0.15) is 0 Å². The van der Waals surface area contributed by atoms with Crippen LogP contribution in [0.4, 0.5) is 0 Å². The lowest BCUT2D eigenvalue weighted by atomic mass is 9.97. The molecule has 0 saturated carbocycles. The Labute approximate surface area is 101 Å². The van der Waals surface area contributed by atoms with Gasteiger partial charge < -0.3 is 5.11 Å². The van der Waals surface area contributed by atoms with Gasteiger partial charge in [0, 0.05) is 2.74 Å². The normalized spacial score (nSPS) is 35.8. The number of hydrogen-bond donors (Lipinski definition) is 1. The lowest BCUT2D eigenvalue weighted by Crippen LogP contribution is -2.01. The van der Waals surface area contributed by atoms with Gasteiger partial charge in [-0.05, 0) is 35.0 Å². The van der Waals surface area contributed by atoms with E-state index in [-0.39, 0.29) is 0 Å². The van der Waals surface area contributed by atoms with Crippen LogP contribution in [0.3, 0.4) is 0 Å². The first-order chi connectivity index (χ1) is 9.59. The zero-order valence-electron chi connectivity index (χ0n) is 12.7. The van der Waals surface area contributed by atoms with Crippen LogP contribution in [0.15, 0.2) is 48.5 Å². The molecule has 1 N–H and O–H groups in total. The second-order valence-corrected chi connectivity index (χ2v) is 3.84. The van der Waals surface area contributed by atoms with E-state index in [1.807, 2.05) is 0 Å². The smallest absolute Gasteiger partial charge is 0.211 e. The van der Waals surface area contributed by atoms with Crippen LogP contribution in [0.25, 0.3) is 0 Å². The predicted octanol–water partition coefficient (Wildman–Crippen LogP) is 2.87. The summed E-state index contributed by atoms with van der Waals surface area (Å²) in [6, 6.07) is 14.0. The summed E-state index contributed by atoms with van der Waals surface area (Å²) in [5.41, 5.74) is 2.09. The number of aliphatic hydroxyl groups is 1. The second-order valence-electron chi connectivity index (χ2n) is 3.84. The zero-order chi connectivity index (χ0) is 14.3. The second kappa shape index (κ2) is 3.76. The van der Waals surface area contributed by atoms with E-state index in [0.29, 0.717) is 22.3 Å². The predicted molar refractivity (Wildman–Crippen MR) is 64.4 cm³/mol. The standard InChI is InChI=1S/C15H14O/c16-15-13-7-3-1-5-11(13)9-10-12-6-2-4-8-14(12)15/h1-8,15-16H,9-10H2/i9D,10D,15D,16D. The maximum absolute atomic E-state index is 8.58. The van der Waals surface area contributed by atoms with Crippen molar-refractivity contribution in [1.82, 2.24) is 0 Å². The van der Waals surface area contributed by atoms with Gasteiger partial charge >= 0.3 is 0 Å². The minimum absolute atomic E-state index is 0.470. The maximum atomic E-state index is 8.58. The van der Waals surface area contributed by atoms with Gasteiger partial charge in [-0.15, -0.1) is 0 Å². The summed E-state index contributed by atoms with van der Waals surface area (Å²) >= 11 is 0. The molecule has 2 atom stereocenters. The van der Waals surface area contributed by atoms with Gasteiger partial charge in [0.1, 0.15) is 6.08 Å². The topological polar surface area (TPSA) is 20.2 Å². The monoisotopic (exact) mass is 214 g/mol. The van der Waals surface area contributed by atoms with Crippen molar-refractivity contribution in [3.63, 3.8) is 0 Å². The fourth-order valence-corrected chi connectivity index (χ4v) is 2.02. The van der Waals surface area contributed by atoms with Gasteiger partial charge in [-0.3, -0.25) is 0 Å². The molecule has 2 aromatic carbocycles. The van der Waals surface area contributed by atoms with Crippen molar-refractivity contribution in [3.8, 4) is 0 Å². The Balaban J connectivity index is 2.37. The van der Waals surface area contributed by atoms with E-state index in [1.54, 1.807) is 48.5 Å². The third-order valence-corrected chi connectivity index (χ3v) is 2.85. The quantitative estimate of drug-likeness (QED) is 0.774. The summed E-state index contributed by atoms with van der Waals surface area (Å²) in [6.45, 7) is 0. The maximum Gasteiger partial charge on any atom is 0.211 e. The third kappa shape index (κ3) is 1.44. The number of hydrogen-bond acceptors (Lipinski definition) is 1. The van der Waals surface area contributed by atoms with E-state index in [1.165, 1.54) is 0 Å². The number of fused-ring (bicyclic) bond motifs is 2. The molecule has 0 spiro atoms. The Morgan fingerprint density at radius 1 is 1.00 bits per heavy atom. The van der Waals surface area contributed by atoms with E-state index in [2.05, 4.69) is 0 Å². The molecule has 0 amide bonds. The van der Waals surface area contributed by atoms with Crippen molar-refractivity contribution in [2.24, 2.45) is 0 Å². The molecule has 1 aliphatic carbocycles. The van der Waals surface area contributed by atoms with Gasteiger partial charge in [-0.1, -0.05) is 48.5 Å². The molecule has 0 saturated heterocycles. The summed E-state index contributed by atoms with van der Waals surface area (Å²) in [7, 11) is 0. The Morgan fingerprint density at radius 2 is 1.50 bits per heavy atom. The van der Waals surface area contributed by atoms with Crippen LogP contribution in [-0.4, -0.2) is 6.54 Å². The molecule has 1 heteroatoms. The molecule has 0 aromatic heterocycles. The molecule has 0 bridgehead atoms. The molecular weight excluding hydrogens is 196 g/mol. The lowest BCUT2D eigenvalue weighted by molar-refractivity contribution is 0.219. The van der Waals surface area contributed by atoms with E-state index < -0.39 is 18.9 Å². The van der Waals surface area contributed by atoms with E-state index in [9.17, 15) is 0 Å². The Bertz CT molecular complexity index is 592. The number of rotatable bonds is 1. The van der Waals surface area contributed by atoms with E-state index in [4.69, 9.17) is 10.7 Å². The third-order valence-electron chi connectivity index (χ3n) is 2.85. The van der Waals surface area contributed by atoms with Gasteiger partial charge in [0.15, 0.2) is 0 Å². The fraction of sp³-hybridized carbons (Fsp3) is 0.200. The summed E-state index contributed by atoms with van der Waals surface area (Å²) in [5, 5.41) is 4.76. The highest BCUT2D eigenvalue weighted by Crippen LogP contribution is 2.31. The van der Waals surface area contributed by atoms with Crippen LogP contribution in [0.5, 0.6) is 0 Å². The van der Waals surface area contributed by atoms with Gasteiger partial charge in [0.25, 0.3) is 0 Å². The van der Waals surface area contributed by atoms with Crippen molar-refractivity contribution in [2.75, 3.05) is 0 Å². The highest BCUT2D eigenvalue weighted by atomic mass is 16.3. The molecule has 0 heterocycles. The summed E-state index contributed by atoms with van der Waals surface area (Å²) in [5.74, 6) is 0. The summed E-state index contributed by atoms with van der Waals surface area (Å²) in [6.07, 6.45) is -3.29. The Morgan fingerprint density at radius 3 is 2.00 bits per heavy atom. The highest BCUT2D eigenvalue weighted by molar-refractivity contribution is 5.42. The van der Waals surface area contributed by atoms with Crippen LogP contribution in [0.2, 0.25) is 0 Å². The average Bonchev–Trinajstić information content (AvgIpc) is 2.58. The summed E-state index contributed by atoms with van der Waals surface area (Å²) in [4.78, 5) is 0. The fourth-order valence-electron chi connectivity index (χ4n) is 2.02. The minimum Gasteiger partial charge on any atom is -0.384 e. The van der Waals surface area contributed by atoms with Gasteiger partial charge in [0.2, 0.25) is 1.43 Å². The van der Waals surface area contributed by atoms with Crippen molar-refractivity contribution in [1.29, 1.82) is 1.43 Å². The largest absolute Gasteiger partial charge is 0.384 e. The molecule has 1 aliphatic rings. The Hall–Kier alpha value is -1.60. The molecular formula is C15H14O. The summed E-state index contributed by atoms with van der Waals surface area (Å²) < 4.78 is 32.5. The van der Waals surface area contributed by atoms with Crippen LogP contribution in [-0.2, 0) is 12.8 Å². The first-order valence-corrected chi connectivity index (χ1v) is 5.27. The Kier molecular flexibility index (Phi) is 1.46. The number of aryl methyl sites for hydroxylation is 2. The molecule has 0 fully saturated rings. The van der Waals surface area contributed by atoms with Crippen LogP contribution < -0.4 is 0 Å². The van der Waals surface area contributed by atoms with Crippen LogP contribution >= 0.6 is 0 Å². The van der Waals surface area contributed by atoms with Crippen molar-refractivity contribution in [3.05, 3.63) is 70.8 Å². The highest BCUT2D eigenvalue weighted by Gasteiger charge is 2.20. The molecule has 16 heavy (non-hydrogen) atoms. The first kappa shape index (κ1) is 6.21. The molecule has 2 unspecified atom stereocenters. The molecule has 3 rings (SSSR count). The average molecular weight is 214 g/mol.